The summed E-state index contributed by atoms with van der Waals surface area (Å²) < 4.78 is 0. The average molecular weight is 236 g/mol. The molecule has 0 aliphatic rings. The molecular weight excluding hydrogens is 224 g/mol. The molecule has 0 radical (unpaired) electrons. The Hall–Kier alpha value is -2.21. The maximum atomic E-state index is 11.2. The zero-order valence-electron chi connectivity index (χ0n) is 9.00. The van der Waals surface area contributed by atoms with Gasteiger partial charge in [0.25, 0.3) is 5.69 Å². The lowest BCUT2D eigenvalue weighted by Gasteiger charge is -1.98. The normalized spacial score (nSPS) is 10.4. The van der Waals surface area contributed by atoms with Crippen molar-refractivity contribution in [1.82, 2.24) is 5.32 Å². The molecule has 0 aliphatic carbocycles. The van der Waals surface area contributed by atoms with Gasteiger partial charge in [0.1, 0.15) is 0 Å². The van der Waals surface area contributed by atoms with E-state index in [1.54, 1.807) is 18.2 Å². The highest BCUT2D eigenvalue weighted by Crippen LogP contribution is 2.18. The van der Waals surface area contributed by atoms with Gasteiger partial charge in [-0.1, -0.05) is 12.1 Å². The average Bonchev–Trinajstić information content (AvgIpc) is 2.34. The maximum absolute atomic E-state index is 11.2. The van der Waals surface area contributed by atoms with Crippen molar-refractivity contribution in [2.75, 3.05) is 13.2 Å². The molecule has 1 aromatic carbocycles. The summed E-state index contributed by atoms with van der Waals surface area (Å²) in [4.78, 5) is 21.3. The van der Waals surface area contributed by atoms with E-state index < -0.39 is 10.8 Å². The largest absolute Gasteiger partial charge is 0.395 e. The topological polar surface area (TPSA) is 92.5 Å². The number of nitrogens with one attached hydrogen (secondary N) is 1. The Labute approximate surface area is 97.7 Å². The molecule has 0 unspecified atom stereocenters. The molecular formula is C11H12N2O4. The molecule has 1 rings (SSSR count). The molecule has 0 fully saturated rings. The number of carbonyl (C=O) groups excluding carboxylic acids is 1. The zero-order chi connectivity index (χ0) is 12.7. The van der Waals surface area contributed by atoms with E-state index in [4.69, 9.17) is 5.11 Å². The van der Waals surface area contributed by atoms with Gasteiger partial charge in [0.05, 0.1) is 17.1 Å². The lowest BCUT2D eigenvalue weighted by Crippen LogP contribution is -2.24. The van der Waals surface area contributed by atoms with E-state index in [0.29, 0.717) is 5.56 Å². The molecule has 0 saturated carbocycles. The Morgan fingerprint density at radius 1 is 1.47 bits per heavy atom. The van der Waals surface area contributed by atoms with Crippen molar-refractivity contribution in [3.63, 3.8) is 0 Å². The van der Waals surface area contributed by atoms with Crippen molar-refractivity contribution in [3.05, 3.63) is 46.0 Å². The van der Waals surface area contributed by atoms with E-state index in [0.717, 1.165) is 0 Å². The molecule has 0 aromatic heterocycles. The molecule has 1 aromatic rings. The molecule has 6 heteroatoms. The molecule has 0 bridgehead atoms. The third-order valence-corrected chi connectivity index (χ3v) is 1.96. The molecule has 17 heavy (non-hydrogen) atoms. The second-order valence-electron chi connectivity index (χ2n) is 3.16. The summed E-state index contributed by atoms with van der Waals surface area (Å²) >= 11 is 0. The van der Waals surface area contributed by atoms with Gasteiger partial charge in [-0.05, 0) is 12.1 Å². The summed E-state index contributed by atoms with van der Waals surface area (Å²) in [6.07, 6.45) is 2.56. The van der Waals surface area contributed by atoms with Crippen molar-refractivity contribution in [1.29, 1.82) is 0 Å². The van der Waals surface area contributed by atoms with Gasteiger partial charge in [0, 0.05) is 18.7 Å². The van der Waals surface area contributed by atoms with Gasteiger partial charge in [0.2, 0.25) is 5.91 Å². The highest BCUT2D eigenvalue weighted by atomic mass is 16.6. The number of nitro groups is 1. The van der Waals surface area contributed by atoms with Crippen molar-refractivity contribution < 1.29 is 14.8 Å². The number of para-hydroxylation sites is 1. The summed E-state index contributed by atoms with van der Waals surface area (Å²) in [7, 11) is 0. The van der Waals surface area contributed by atoms with Crippen LogP contribution >= 0.6 is 0 Å². The molecule has 0 saturated heterocycles. The fraction of sp³-hybridized carbons (Fsp3) is 0.182. The standard InChI is InChI=1S/C11H12N2O4/c14-8-7-12-11(15)6-5-9-3-1-2-4-10(9)13(16)17/h1-6,14H,7-8H2,(H,12,15)/b6-5+. The van der Waals surface area contributed by atoms with Gasteiger partial charge in [-0.3, -0.25) is 14.9 Å². The first-order valence-electron chi connectivity index (χ1n) is 4.95. The van der Waals surface area contributed by atoms with Gasteiger partial charge in [-0.25, -0.2) is 0 Å². The molecule has 0 aliphatic heterocycles. The molecule has 90 valence electrons. The van der Waals surface area contributed by atoms with Crippen LogP contribution in [-0.4, -0.2) is 29.1 Å². The Morgan fingerprint density at radius 3 is 2.82 bits per heavy atom. The van der Waals surface area contributed by atoms with Gasteiger partial charge in [0.15, 0.2) is 0 Å². The predicted molar refractivity (Wildman–Crippen MR) is 62.2 cm³/mol. The minimum absolute atomic E-state index is 0.0568. The van der Waals surface area contributed by atoms with E-state index in [1.807, 2.05) is 0 Å². The third kappa shape index (κ3) is 4.04. The fourth-order valence-electron chi connectivity index (χ4n) is 1.20. The predicted octanol–water partition coefficient (Wildman–Crippen LogP) is 0.717. The number of hydrogen-bond donors (Lipinski definition) is 2. The Morgan fingerprint density at radius 2 is 2.18 bits per heavy atom. The lowest BCUT2D eigenvalue weighted by atomic mass is 10.1. The third-order valence-electron chi connectivity index (χ3n) is 1.96. The number of benzene rings is 1. The molecule has 0 atom stereocenters. The smallest absolute Gasteiger partial charge is 0.276 e. The Bertz CT molecular complexity index is 443. The highest BCUT2D eigenvalue weighted by molar-refractivity contribution is 5.92. The van der Waals surface area contributed by atoms with Crippen molar-refractivity contribution in [3.8, 4) is 0 Å². The van der Waals surface area contributed by atoms with Crippen LogP contribution in [0.5, 0.6) is 0 Å². The fourth-order valence-corrected chi connectivity index (χ4v) is 1.20. The van der Waals surface area contributed by atoms with Crippen LogP contribution in [0.15, 0.2) is 30.3 Å². The van der Waals surface area contributed by atoms with Crippen molar-refractivity contribution >= 4 is 17.7 Å². The summed E-state index contributed by atoms with van der Waals surface area (Å²) in [6, 6.07) is 6.12. The Kier molecular flexibility index (Phi) is 4.83. The number of amides is 1. The number of hydrogen-bond acceptors (Lipinski definition) is 4. The van der Waals surface area contributed by atoms with Crippen LogP contribution in [0.1, 0.15) is 5.56 Å². The monoisotopic (exact) mass is 236 g/mol. The SMILES string of the molecule is O=C(/C=C/c1ccccc1[N+](=O)[O-])NCCO. The minimum atomic E-state index is -0.509. The van der Waals surface area contributed by atoms with Gasteiger partial charge in [-0.15, -0.1) is 0 Å². The van der Waals surface area contributed by atoms with Crippen molar-refractivity contribution in [2.24, 2.45) is 0 Å². The first kappa shape index (κ1) is 12.9. The van der Waals surface area contributed by atoms with Crippen LogP contribution < -0.4 is 5.32 Å². The van der Waals surface area contributed by atoms with Crippen LogP contribution in [0.4, 0.5) is 5.69 Å². The maximum Gasteiger partial charge on any atom is 0.276 e. The summed E-state index contributed by atoms with van der Waals surface area (Å²) in [5.41, 5.74) is 0.301. The van der Waals surface area contributed by atoms with E-state index >= 15 is 0 Å². The number of aliphatic hydroxyl groups is 1. The summed E-state index contributed by atoms with van der Waals surface area (Å²) in [5, 5.41) is 21.6. The quantitative estimate of drug-likeness (QED) is 0.447. The second kappa shape index (κ2) is 6.39. The van der Waals surface area contributed by atoms with Crippen LogP contribution in [-0.2, 0) is 4.79 Å². The van der Waals surface area contributed by atoms with E-state index in [9.17, 15) is 14.9 Å². The molecule has 2 N–H and O–H groups in total. The first-order chi connectivity index (χ1) is 8.15. The van der Waals surface area contributed by atoms with E-state index in [-0.39, 0.29) is 18.8 Å². The van der Waals surface area contributed by atoms with Crippen LogP contribution in [0.25, 0.3) is 6.08 Å². The van der Waals surface area contributed by atoms with Crippen LogP contribution in [0, 0.1) is 10.1 Å². The molecule has 0 spiro atoms. The van der Waals surface area contributed by atoms with Gasteiger partial charge >= 0.3 is 0 Å². The molecule has 1 amide bonds. The Balaban J connectivity index is 2.77. The number of rotatable bonds is 5. The summed E-state index contributed by atoms with van der Waals surface area (Å²) in [5.74, 6) is -0.405. The van der Waals surface area contributed by atoms with E-state index in [1.165, 1.54) is 18.2 Å². The van der Waals surface area contributed by atoms with Gasteiger partial charge < -0.3 is 10.4 Å². The molecule has 6 nitrogen and oxygen atoms in total. The second-order valence-corrected chi connectivity index (χ2v) is 3.16. The summed E-state index contributed by atoms with van der Waals surface area (Å²) in [6.45, 7) is 0.00508. The number of nitrogens with zero attached hydrogens (tertiary/aromatic N) is 1. The van der Waals surface area contributed by atoms with Crippen molar-refractivity contribution in [2.45, 2.75) is 0 Å². The number of nitro benzene ring substituents is 1. The van der Waals surface area contributed by atoms with E-state index in [2.05, 4.69) is 5.32 Å². The first-order valence-corrected chi connectivity index (χ1v) is 4.95. The number of aliphatic hydroxyl groups excluding tert-OH is 1. The van der Waals surface area contributed by atoms with Crippen LogP contribution in [0.3, 0.4) is 0 Å². The zero-order valence-corrected chi connectivity index (χ0v) is 9.00. The van der Waals surface area contributed by atoms with Gasteiger partial charge in [-0.2, -0.15) is 0 Å². The van der Waals surface area contributed by atoms with Crippen LogP contribution in [0.2, 0.25) is 0 Å². The highest BCUT2D eigenvalue weighted by Gasteiger charge is 2.09. The number of carbonyl (C=O) groups is 1. The molecule has 0 heterocycles. The minimum Gasteiger partial charge on any atom is -0.395 e. The lowest BCUT2D eigenvalue weighted by molar-refractivity contribution is -0.385.